The summed E-state index contributed by atoms with van der Waals surface area (Å²) in [5, 5.41) is 11.9. The molecule has 8 heteroatoms. The van der Waals surface area contributed by atoms with E-state index in [0.717, 1.165) is 64.0 Å². The molecule has 3 heterocycles. The topological polar surface area (TPSA) is 72.3 Å². The minimum Gasteiger partial charge on any atom is -0.376 e. The molecule has 1 amide bonds. The predicted octanol–water partition coefficient (Wildman–Crippen LogP) is 2.80. The summed E-state index contributed by atoms with van der Waals surface area (Å²) in [6.07, 6.45) is 5.08. The van der Waals surface area contributed by atoms with Gasteiger partial charge in [-0.1, -0.05) is 35.5 Å². The van der Waals surface area contributed by atoms with E-state index >= 15 is 0 Å². The maximum absolute atomic E-state index is 13.0. The fourth-order valence-corrected chi connectivity index (χ4v) is 4.31. The molecule has 1 aromatic heterocycles. The number of nitrogens with one attached hydrogen (secondary N) is 1. The van der Waals surface area contributed by atoms with Gasteiger partial charge in [0, 0.05) is 19.7 Å². The molecule has 1 aromatic carbocycles. The third-order valence-corrected chi connectivity index (χ3v) is 6.02. The highest BCUT2D eigenvalue weighted by Gasteiger charge is 2.31. The molecule has 0 bridgehead atoms. The monoisotopic (exact) mass is 433 g/mol. The molecule has 2 fully saturated rings. The minimum atomic E-state index is -0.0157. The summed E-state index contributed by atoms with van der Waals surface area (Å²) in [5.74, 6) is -0.0157. The summed E-state index contributed by atoms with van der Waals surface area (Å²) >= 11 is 0. The van der Waals surface area contributed by atoms with Gasteiger partial charge < -0.3 is 15.0 Å². The first kappa shape index (κ1) is 22.7. The Hall–Kier alpha value is -1.96. The van der Waals surface area contributed by atoms with Crippen LogP contribution in [0.3, 0.4) is 0 Å². The Morgan fingerprint density at radius 2 is 1.97 bits per heavy atom. The van der Waals surface area contributed by atoms with Crippen molar-refractivity contribution in [3.05, 3.63) is 47.3 Å². The number of nitrogens with zero attached hydrogens (tertiary/aromatic N) is 4. The maximum Gasteiger partial charge on any atom is 0.276 e. The largest absolute Gasteiger partial charge is 0.376 e. The van der Waals surface area contributed by atoms with Crippen LogP contribution in [0, 0.1) is 6.92 Å². The van der Waals surface area contributed by atoms with Crippen LogP contribution in [0.5, 0.6) is 0 Å². The molecule has 1 N–H and O–H groups in total. The Balaban J connectivity index is 0.00000256. The molecule has 2 aliphatic rings. The van der Waals surface area contributed by atoms with Gasteiger partial charge in [-0.05, 0) is 57.7 Å². The van der Waals surface area contributed by atoms with E-state index in [1.807, 2.05) is 22.6 Å². The highest BCUT2D eigenvalue weighted by molar-refractivity contribution is 5.93. The molecule has 0 saturated carbocycles. The minimum absolute atomic E-state index is 0. The van der Waals surface area contributed by atoms with Crippen molar-refractivity contribution in [2.75, 3.05) is 32.8 Å². The molecule has 2 saturated heterocycles. The molecule has 0 spiro atoms. The van der Waals surface area contributed by atoms with Crippen molar-refractivity contribution < 1.29 is 9.53 Å². The van der Waals surface area contributed by atoms with Crippen molar-refractivity contribution in [3.63, 3.8) is 0 Å². The molecule has 0 radical (unpaired) electrons. The number of likely N-dealkylation sites (tertiary alicyclic amines) is 1. The number of halogens is 1. The van der Waals surface area contributed by atoms with Crippen molar-refractivity contribution >= 4 is 18.3 Å². The van der Waals surface area contributed by atoms with E-state index in [2.05, 4.69) is 39.9 Å². The molecule has 7 nitrogen and oxygen atoms in total. The van der Waals surface area contributed by atoms with Gasteiger partial charge in [-0.25, -0.2) is 4.68 Å². The molecule has 4 rings (SSSR count). The van der Waals surface area contributed by atoms with Crippen LogP contribution >= 0.6 is 12.4 Å². The highest BCUT2D eigenvalue weighted by atomic mass is 35.5. The number of hydrogen-bond acceptors (Lipinski definition) is 5. The second-order valence-corrected chi connectivity index (χ2v) is 8.07. The van der Waals surface area contributed by atoms with E-state index in [0.29, 0.717) is 18.3 Å². The van der Waals surface area contributed by atoms with Gasteiger partial charge in [0.1, 0.15) is 0 Å². The van der Waals surface area contributed by atoms with E-state index in [-0.39, 0.29) is 24.4 Å². The summed E-state index contributed by atoms with van der Waals surface area (Å²) < 4.78 is 7.98. The first-order chi connectivity index (χ1) is 14.2. The molecule has 0 aliphatic carbocycles. The standard InChI is InChI=1S/C22H31N5O2.ClH/c1-17-21(24-25-27(17)19-9-12-23-13-10-19)22(28)26-14-11-20(16-26)29-15-5-8-18-6-3-2-4-7-18;/h2-4,6-7,19-20,23H,5,8-16H2,1H3;1H. The third kappa shape index (κ3) is 5.39. The van der Waals surface area contributed by atoms with Crippen LogP contribution in [0.2, 0.25) is 0 Å². The average Bonchev–Trinajstić information content (AvgIpc) is 3.39. The number of amides is 1. The second kappa shape index (κ2) is 10.9. The van der Waals surface area contributed by atoms with Crippen LogP contribution in [0.1, 0.15) is 53.5 Å². The molecular weight excluding hydrogens is 402 g/mol. The highest BCUT2D eigenvalue weighted by Crippen LogP contribution is 2.22. The number of ether oxygens (including phenoxy) is 1. The lowest BCUT2D eigenvalue weighted by atomic mass is 10.1. The molecule has 30 heavy (non-hydrogen) atoms. The lowest BCUT2D eigenvalue weighted by molar-refractivity contribution is 0.0522. The van der Waals surface area contributed by atoms with Crippen molar-refractivity contribution in [3.8, 4) is 0 Å². The van der Waals surface area contributed by atoms with Crippen molar-refractivity contribution in [2.45, 2.75) is 51.2 Å². The first-order valence-corrected chi connectivity index (χ1v) is 10.8. The first-order valence-electron chi connectivity index (χ1n) is 10.8. The zero-order valence-corrected chi connectivity index (χ0v) is 18.4. The predicted molar refractivity (Wildman–Crippen MR) is 118 cm³/mol. The lowest BCUT2D eigenvalue weighted by Crippen LogP contribution is -2.32. The molecule has 2 aromatic rings. The summed E-state index contributed by atoms with van der Waals surface area (Å²) in [7, 11) is 0. The Kier molecular flexibility index (Phi) is 8.24. The van der Waals surface area contributed by atoms with Crippen LogP contribution in [0.25, 0.3) is 0 Å². The molecule has 164 valence electrons. The Morgan fingerprint density at radius 3 is 2.73 bits per heavy atom. The number of aromatic nitrogens is 3. The van der Waals surface area contributed by atoms with Crippen molar-refractivity contribution in [1.82, 2.24) is 25.2 Å². The lowest BCUT2D eigenvalue weighted by Gasteiger charge is -2.23. The number of aryl methyl sites for hydroxylation is 1. The third-order valence-electron chi connectivity index (χ3n) is 6.02. The van der Waals surface area contributed by atoms with E-state index in [4.69, 9.17) is 4.74 Å². The van der Waals surface area contributed by atoms with Gasteiger partial charge in [0.2, 0.25) is 0 Å². The quantitative estimate of drug-likeness (QED) is 0.680. The number of benzene rings is 1. The van der Waals surface area contributed by atoms with E-state index in [1.54, 1.807) is 0 Å². The summed E-state index contributed by atoms with van der Waals surface area (Å²) in [5.41, 5.74) is 2.72. The van der Waals surface area contributed by atoms with Gasteiger partial charge in [0.15, 0.2) is 5.69 Å². The normalized spacial score (nSPS) is 19.6. The van der Waals surface area contributed by atoms with E-state index < -0.39 is 0 Å². The molecular formula is C22H32ClN5O2. The average molecular weight is 434 g/mol. The number of carbonyl (C=O) groups is 1. The van der Waals surface area contributed by atoms with Gasteiger partial charge in [-0.2, -0.15) is 0 Å². The molecule has 1 atom stereocenters. The van der Waals surface area contributed by atoms with Crippen LogP contribution in [0.15, 0.2) is 30.3 Å². The Bertz CT molecular complexity index is 807. The fraction of sp³-hybridized carbons (Fsp3) is 0.591. The van der Waals surface area contributed by atoms with Gasteiger partial charge >= 0.3 is 0 Å². The summed E-state index contributed by atoms with van der Waals surface area (Å²) in [4.78, 5) is 14.8. The van der Waals surface area contributed by atoms with Crippen molar-refractivity contribution in [2.24, 2.45) is 0 Å². The van der Waals surface area contributed by atoms with Gasteiger partial charge in [0.05, 0.1) is 17.8 Å². The van der Waals surface area contributed by atoms with Gasteiger partial charge in [-0.15, -0.1) is 17.5 Å². The summed E-state index contributed by atoms with van der Waals surface area (Å²) in [6, 6.07) is 10.8. The second-order valence-electron chi connectivity index (χ2n) is 8.07. The van der Waals surface area contributed by atoms with Gasteiger partial charge in [0.25, 0.3) is 5.91 Å². The van der Waals surface area contributed by atoms with Crippen LogP contribution in [-0.2, 0) is 11.2 Å². The zero-order valence-electron chi connectivity index (χ0n) is 17.6. The van der Waals surface area contributed by atoms with E-state index in [9.17, 15) is 4.79 Å². The van der Waals surface area contributed by atoms with Gasteiger partial charge in [-0.3, -0.25) is 4.79 Å². The number of rotatable bonds is 7. The van der Waals surface area contributed by atoms with Crippen LogP contribution in [-0.4, -0.2) is 64.7 Å². The van der Waals surface area contributed by atoms with E-state index in [1.165, 1.54) is 5.56 Å². The van der Waals surface area contributed by atoms with Crippen LogP contribution < -0.4 is 5.32 Å². The number of carbonyl (C=O) groups excluding carboxylic acids is 1. The molecule has 2 aliphatic heterocycles. The van der Waals surface area contributed by atoms with Crippen molar-refractivity contribution in [1.29, 1.82) is 0 Å². The Labute approximate surface area is 184 Å². The SMILES string of the molecule is Cc1c(C(=O)N2CCC(OCCCc3ccccc3)C2)nnn1C1CCNCC1.Cl. The summed E-state index contributed by atoms with van der Waals surface area (Å²) in [6.45, 7) is 6.03. The Morgan fingerprint density at radius 1 is 1.20 bits per heavy atom. The maximum atomic E-state index is 13.0. The molecule has 1 unspecified atom stereocenters. The number of piperidine rings is 1. The fourth-order valence-electron chi connectivity index (χ4n) is 4.31. The number of hydrogen-bond donors (Lipinski definition) is 1. The smallest absolute Gasteiger partial charge is 0.276 e. The van der Waals surface area contributed by atoms with Crippen LogP contribution in [0.4, 0.5) is 0 Å². The zero-order chi connectivity index (χ0) is 20.1.